The fourth-order valence-corrected chi connectivity index (χ4v) is 3.66. The molecule has 0 bridgehead atoms. The Morgan fingerprint density at radius 1 is 1.29 bits per heavy atom. The molecule has 0 unspecified atom stereocenters. The van der Waals surface area contributed by atoms with Gasteiger partial charge in [0.25, 0.3) is 5.91 Å². The predicted molar refractivity (Wildman–Crippen MR) is 103 cm³/mol. The van der Waals surface area contributed by atoms with Gasteiger partial charge in [-0.3, -0.25) is 9.48 Å². The number of ether oxygens (including phenoxy) is 1. The summed E-state index contributed by atoms with van der Waals surface area (Å²) in [6.07, 6.45) is 1.03. The number of rotatable bonds is 3. The van der Waals surface area contributed by atoms with E-state index in [0.717, 1.165) is 29.1 Å². The van der Waals surface area contributed by atoms with Gasteiger partial charge in [0, 0.05) is 20.6 Å². The normalized spacial score (nSPS) is 17.9. The van der Waals surface area contributed by atoms with Crippen LogP contribution in [0, 0.1) is 0 Å². The Kier molecular flexibility index (Phi) is 4.93. The van der Waals surface area contributed by atoms with Crippen LogP contribution in [-0.4, -0.2) is 58.3 Å². The van der Waals surface area contributed by atoms with Crippen LogP contribution in [-0.2, 0) is 30.8 Å². The Balaban J connectivity index is 1.34. The second-order valence-corrected chi connectivity index (χ2v) is 7.42. The first kappa shape index (κ1) is 18.3. The van der Waals surface area contributed by atoms with Gasteiger partial charge in [0.15, 0.2) is 6.10 Å². The Bertz CT molecular complexity index is 892. The SMILES string of the molecule is CN(C)C(=O)N1CCn2nc(CNC(=O)[C@@H]3CCc4ccccc4O3)cc2C1. The molecule has 2 aliphatic heterocycles. The topological polar surface area (TPSA) is 79.7 Å². The number of benzene rings is 1. The number of nitrogens with one attached hydrogen (secondary N) is 1. The first-order valence-corrected chi connectivity index (χ1v) is 9.55. The van der Waals surface area contributed by atoms with Crippen LogP contribution in [0.5, 0.6) is 5.75 Å². The van der Waals surface area contributed by atoms with E-state index in [-0.39, 0.29) is 11.9 Å². The Hall–Kier alpha value is -3.03. The van der Waals surface area contributed by atoms with Crippen molar-refractivity contribution in [1.82, 2.24) is 24.9 Å². The Labute approximate surface area is 164 Å². The van der Waals surface area contributed by atoms with Gasteiger partial charge >= 0.3 is 6.03 Å². The number of urea groups is 1. The van der Waals surface area contributed by atoms with Gasteiger partial charge in [-0.15, -0.1) is 0 Å². The molecule has 0 saturated heterocycles. The van der Waals surface area contributed by atoms with Crippen LogP contribution in [0.15, 0.2) is 30.3 Å². The number of aromatic nitrogens is 2. The van der Waals surface area contributed by atoms with Gasteiger partial charge in [0.05, 0.1) is 31.0 Å². The quantitative estimate of drug-likeness (QED) is 0.869. The molecule has 0 radical (unpaired) electrons. The average Bonchev–Trinajstić information content (AvgIpc) is 3.13. The van der Waals surface area contributed by atoms with E-state index < -0.39 is 6.10 Å². The number of carbonyl (C=O) groups excluding carboxylic acids is 2. The van der Waals surface area contributed by atoms with Gasteiger partial charge in [-0.05, 0) is 30.5 Å². The standard InChI is InChI=1S/C20H25N5O3/c1-23(2)20(27)24-9-10-25-16(13-24)11-15(22-25)12-21-19(26)18-8-7-14-5-3-4-6-17(14)28-18/h3-6,11,18H,7-10,12-13H2,1-2H3,(H,21,26)/t18-/m0/s1. The van der Waals surface area contributed by atoms with Gasteiger partial charge in [0.1, 0.15) is 5.75 Å². The highest BCUT2D eigenvalue weighted by Crippen LogP contribution is 2.27. The smallest absolute Gasteiger partial charge is 0.319 e. The molecule has 0 aliphatic carbocycles. The summed E-state index contributed by atoms with van der Waals surface area (Å²) in [7, 11) is 3.50. The zero-order valence-corrected chi connectivity index (χ0v) is 16.2. The number of carbonyl (C=O) groups is 2. The highest BCUT2D eigenvalue weighted by Gasteiger charge is 2.27. The summed E-state index contributed by atoms with van der Waals surface area (Å²) in [4.78, 5) is 28.0. The number of aryl methyl sites for hydroxylation is 1. The number of para-hydroxylation sites is 1. The first-order chi connectivity index (χ1) is 13.5. The van der Waals surface area contributed by atoms with Crippen LogP contribution in [0.4, 0.5) is 4.79 Å². The van der Waals surface area contributed by atoms with E-state index in [1.54, 1.807) is 23.9 Å². The number of fused-ring (bicyclic) bond motifs is 2. The molecule has 1 aromatic heterocycles. The molecule has 0 saturated carbocycles. The Morgan fingerprint density at radius 3 is 2.93 bits per heavy atom. The minimum atomic E-state index is -0.472. The number of hydrogen-bond acceptors (Lipinski definition) is 4. The van der Waals surface area contributed by atoms with Crippen LogP contribution in [0.1, 0.15) is 23.4 Å². The minimum absolute atomic E-state index is 0.00275. The summed E-state index contributed by atoms with van der Waals surface area (Å²) in [6, 6.07) is 9.78. The zero-order valence-electron chi connectivity index (χ0n) is 16.2. The van der Waals surface area contributed by atoms with Crippen molar-refractivity contribution in [2.45, 2.75) is 38.6 Å². The second kappa shape index (κ2) is 7.53. The molecule has 8 nitrogen and oxygen atoms in total. The molecule has 1 N–H and O–H groups in total. The molecule has 1 aromatic carbocycles. The number of amides is 3. The van der Waals surface area contributed by atoms with Crippen LogP contribution >= 0.6 is 0 Å². The fourth-order valence-electron chi connectivity index (χ4n) is 3.66. The van der Waals surface area contributed by atoms with E-state index in [9.17, 15) is 9.59 Å². The molecular weight excluding hydrogens is 358 g/mol. The van der Waals surface area contributed by atoms with Gasteiger partial charge in [-0.2, -0.15) is 5.10 Å². The zero-order chi connectivity index (χ0) is 19.7. The number of hydrogen-bond donors (Lipinski definition) is 1. The van der Waals surface area contributed by atoms with E-state index in [0.29, 0.717) is 32.6 Å². The summed E-state index contributed by atoms with van der Waals surface area (Å²) in [5, 5.41) is 7.48. The van der Waals surface area contributed by atoms with Crippen molar-refractivity contribution in [2.24, 2.45) is 0 Å². The molecule has 0 spiro atoms. The first-order valence-electron chi connectivity index (χ1n) is 9.55. The molecule has 28 heavy (non-hydrogen) atoms. The van der Waals surface area contributed by atoms with Crippen LogP contribution in [0.25, 0.3) is 0 Å². The van der Waals surface area contributed by atoms with E-state index >= 15 is 0 Å². The summed E-state index contributed by atoms with van der Waals surface area (Å²) in [6.45, 7) is 2.17. The third kappa shape index (κ3) is 3.67. The van der Waals surface area contributed by atoms with Crippen LogP contribution < -0.4 is 10.1 Å². The molecule has 0 fully saturated rings. The molecular formula is C20H25N5O3. The van der Waals surface area contributed by atoms with E-state index in [1.807, 2.05) is 35.0 Å². The van der Waals surface area contributed by atoms with Crippen molar-refractivity contribution < 1.29 is 14.3 Å². The third-order valence-electron chi connectivity index (χ3n) is 5.16. The molecule has 8 heteroatoms. The molecule has 4 rings (SSSR count). The minimum Gasteiger partial charge on any atom is -0.480 e. The lowest BCUT2D eigenvalue weighted by molar-refractivity contribution is -0.128. The molecule has 148 valence electrons. The highest BCUT2D eigenvalue weighted by atomic mass is 16.5. The summed E-state index contributed by atoms with van der Waals surface area (Å²) >= 11 is 0. The van der Waals surface area contributed by atoms with Crippen molar-refractivity contribution in [1.29, 1.82) is 0 Å². The van der Waals surface area contributed by atoms with Gasteiger partial charge in [-0.25, -0.2) is 4.79 Å². The monoisotopic (exact) mass is 383 g/mol. The third-order valence-corrected chi connectivity index (χ3v) is 5.16. The molecule has 2 aliphatic rings. The number of nitrogens with zero attached hydrogens (tertiary/aromatic N) is 4. The van der Waals surface area contributed by atoms with Gasteiger partial charge < -0.3 is 19.9 Å². The summed E-state index contributed by atoms with van der Waals surface area (Å²) in [5.41, 5.74) is 2.91. The maximum absolute atomic E-state index is 12.5. The van der Waals surface area contributed by atoms with Crippen molar-refractivity contribution >= 4 is 11.9 Å². The van der Waals surface area contributed by atoms with E-state index in [2.05, 4.69) is 10.4 Å². The average molecular weight is 383 g/mol. The maximum Gasteiger partial charge on any atom is 0.319 e. The van der Waals surface area contributed by atoms with Crippen LogP contribution in [0.3, 0.4) is 0 Å². The lowest BCUT2D eigenvalue weighted by Crippen LogP contribution is -2.43. The molecule has 3 amide bonds. The largest absolute Gasteiger partial charge is 0.480 e. The Morgan fingerprint density at radius 2 is 2.11 bits per heavy atom. The summed E-state index contributed by atoms with van der Waals surface area (Å²) < 4.78 is 7.75. The van der Waals surface area contributed by atoms with Crippen molar-refractivity contribution in [3.63, 3.8) is 0 Å². The van der Waals surface area contributed by atoms with Gasteiger partial charge in [-0.1, -0.05) is 18.2 Å². The summed E-state index contributed by atoms with van der Waals surface area (Å²) in [5.74, 6) is 0.668. The fraction of sp³-hybridized carbons (Fsp3) is 0.450. The molecule has 2 aromatic rings. The van der Waals surface area contributed by atoms with Crippen LogP contribution in [0.2, 0.25) is 0 Å². The maximum atomic E-state index is 12.5. The second-order valence-electron chi connectivity index (χ2n) is 7.42. The highest BCUT2D eigenvalue weighted by molar-refractivity contribution is 5.81. The lowest BCUT2D eigenvalue weighted by Gasteiger charge is -2.29. The molecule has 1 atom stereocenters. The van der Waals surface area contributed by atoms with E-state index in [1.165, 1.54) is 0 Å². The van der Waals surface area contributed by atoms with Crippen molar-refractivity contribution in [3.05, 3.63) is 47.3 Å². The van der Waals surface area contributed by atoms with Crippen molar-refractivity contribution in [2.75, 3.05) is 20.6 Å². The van der Waals surface area contributed by atoms with E-state index in [4.69, 9.17) is 4.74 Å². The molecule has 3 heterocycles. The van der Waals surface area contributed by atoms with Crippen molar-refractivity contribution in [3.8, 4) is 5.75 Å². The predicted octanol–water partition coefficient (Wildman–Crippen LogP) is 1.39. The van der Waals surface area contributed by atoms with Gasteiger partial charge in [0.2, 0.25) is 0 Å². The lowest BCUT2D eigenvalue weighted by atomic mass is 10.0.